The highest BCUT2D eigenvalue weighted by molar-refractivity contribution is 6.35. The Morgan fingerprint density at radius 1 is 0.872 bits per heavy atom. The molecule has 0 bridgehead atoms. The number of aldehydes is 1. The molecule has 0 fully saturated rings. The van der Waals surface area contributed by atoms with E-state index >= 15 is 0 Å². The number of aromatic nitrogens is 2. The van der Waals surface area contributed by atoms with Gasteiger partial charge in [0.25, 0.3) is 5.91 Å². The number of nitrogens with one attached hydrogen (secondary N) is 3. The van der Waals surface area contributed by atoms with Gasteiger partial charge in [0.05, 0.1) is 31.2 Å². The zero-order valence-electron chi connectivity index (χ0n) is 22.1. The van der Waals surface area contributed by atoms with Gasteiger partial charge < -0.3 is 35.0 Å². The van der Waals surface area contributed by atoms with Crippen molar-refractivity contribution in [2.75, 3.05) is 19.5 Å². The number of ether oxygens (including phenoxy) is 2. The number of aryl methyl sites for hydroxylation is 2. The third-order valence-electron chi connectivity index (χ3n) is 6.50. The van der Waals surface area contributed by atoms with Gasteiger partial charge in [-0.3, -0.25) is 19.2 Å². The Labute approximate surface area is 224 Å². The summed E-state index contributed by atoms with van der Waals surface area (Å²) in [6, 6.07) is 3.49. The highest BCUT2D eigenvalue weighted by Gasteiger charge is 2.27. The predicted molar refractivity (Wildman–Crippen MR) is 144 cm³/mol. The van der Waals surface area contributed by atoms with Gasteiger partial charge in [-0.2, -0.15) is 0 Å². The summed E-state index contributed by atoms with van der Waals surface area (Å²) in [6.07, 6.45) is 7.04. The number of carbonyl (C=O) groups is 4. The van der Waals surface area contributed by atoms with Gasteiger partial charge in [0.2, 0.25) is 0 Å². The lowest BCUT2D eigenvalue weighted by atomic mass is 10.0. The van der Waals surface area contributed by atoms with Gasteiger partial charge in [-0.05, 0) is 61.1 Å². The van der Waals surface area contributed by atoms with Gasteiger partial charge in [0, 0.05) is 42.6 Å². The quantitative estimate of drug-likeness (QED) is 0.191. The number of carboxylic acids is 2. The number of methoxy groups -OCH3 is 2. The molecule has 11 heteroatoms. The third-order valence-corrected chi connectivity index (χ3v) is 6.50. The number of aliphatic carboxylic acids is 2. The molecular weight excluding hydrogens is 506 g/mol. The van der Waals surface area contributed by atoms with Crippen LogP contribution in [0.4, 0.5) is 5.69 Å². The second kappa shape index (κ2) is 12.6. The largest absolute Gasteiger partial charge is 0.493 e. The monoisotopic (exact) mass is 537 g/mol. The fraction of sp³-hybridized carbons (Fsp3) is 0.286. The molecule has 0 atom stereocenters. The molecule has 3 aromatic rings. The van der Waals surface area contributed by atoms with Crippen LogP contribution in [-0.2, 0) is 27.2 Å². The minimum Gasteiger partial charge on any atom is -0.493 e. The van der Waals surface area contributed by atoms with E-state index in [1.54, 1.807) is 51.7 Å². The van der Waals surface area contributed by atoms with E-state index in [1.807, 2.05) is 6.92 Å². The number of benzene rings is 1. The maximum atomic E-state index is 12.4. The van der Waals surface area contributed by atoms with Crippen LogP contribution in [0.15, 0.2) is 24.5 Å². The molecule has 1 amide bonds. The van der Waals surface area contributed by atoms with Crippen molar-refractivity contribution in [3.8, 4) is 11.5 Å². The van der Waals surface area contributed by atoms with Gasteiger partial charge in [-0.15, -0.1) is 0 Å². The molecule has 2 aromatic heterocycles. The van der Waals surface area contributed by atoms with Crippen LogP contribution in [0.1, 0.15) is 56.8 Å². The van der Waals surface area contributed by atoms with Crippen LogP contribution in [0.2, 0.25) is 0 Å². The van der Waals surface area contributed by atoms with Gasteiger partial charge in [0.1, 0.15) is 0 Å². The zero-order chi connectivity index (χ0) is 28.7. The van der Waals surface area contributed by atoms with E-state index in [9.17, 15) is 19.2 Å². The number of anilines is 1. The Morgan fingerprint density at radius 2 is 1.38 bits per heavy atom. The van der Waals surface area contributed by atoms with E-state index in [1.165, 1.54) is 0 Å². The summed E-state index contributed by atoms with van der Waals surface area (Å²) in [5.74, 6) is -0.792. The minimum atomic E-state index is -0.837. The van der Waals surface area contributed by atoms with Crippen molar-refractivity contribution in [2.24, 2.45) is 0 Å². The minimum absolute atomic E-state index is 0.0645. The number of amides is 1. The van der Waals surface area contributed by atoms with Crippen LogP contribution < -0.4 is 14.8 Å². The van der Waals surface area contributed by atoms with Gasteiger partial charge in [-0.1, -0.05) is 0 Å². The lowest BCUT2D eigenvalue weighted by Gasteiger charge is -2.09. The topological polar surface area (TPSA) is 171 Å². The molecule has 5 N–H and O–H groups in total. The summed E-state index contributed by atoms with van der Waals surface area (Å²) in [5.41, 5.74) is 6.80. The molecule has 1 aromatic carbocycles. The molecule has 206 valence electrons. The number of hydrogen-bond acceptors (Lipinski definition) is 6. The normalized spacial score (nSPS) is 12.8. The number of rotatable bonds is 10. The first kappa shape index (κ1) is 28.8. The highest BCUT2D eigenvalue weighted by atomic mass is 16.5. The van der Waals surface area contributed by atoms with Crippen molar-refractivity contribution in [3.05, 3.63) is 63.7 Å². The number of carbonyl (C=O) groups excluding carboxylic acids is 2. The highest BCUT2D eigenvalue weighted by Crippen LogP contribution is 2.41. The van der Waals surface area contributed by atoms with Crippen LogP contribution >= 0.6 is 0 Å². The van der Waals surface area contributed by atoms with Crippen molar-refractivity contribution in [2.45, 2.75) is 39.5 Å². The predicted octanol–water partition coefficient (Wildman–Crippen LogP) is 4.00. The molecule has 1 aliphatic rings. The first-order chi connectivity index (χ1) is 18.6. The number of hydrogen-bond donors (Lipinski definition) is 5. The summed E-state index contributed by atoms with van der Waals surface area (Å²) in [4.78, 5) is 49.8. The third kappa shape index (κ3) is 6.75. The Bertz CT molecular complexity index is 1430. The van der Waals surface area contributed by atoms with Crippen LogP contribution in [0, 0.1) is 13.8 Å². The number of H-pyrrole nitrogens is 2. The summed E-state index contributed by atoms with van der Waals surface area (Å²) in [6.45, 7) is 3.71. The van der Waals surface area contributed by atoms with Crippen LogP contribution in [0.5, 0.6) is 11.5 Å². The average Bonchev–Trinajstić information content (AvgIpc) is 3.55. The van der Waals surface area contributed by atoms with E-state index in [4.69, 9.17) is 19.7 Å². The molecule has 0 radical (unpaired) electrons. The molecule has 0 unspecified atom stereocenters. The molecule has 39 heavy (non-hydrogen) atoms. The molecule has 3 heterocycles. The van der Waals surface area contributed by atoms with Crippen LogP contribution in [0.3, 0.4) is 0 Å². The molecular formula is C28H31N3O8. The zero-order valence-corrected chi connectivity index (χ0v) is 22.1. The lowest BCUT2D eigenvalue weighted by Crippen LogP contribution is -2.03. The molecule has 11 nitrogen and oxygen atoms in total. The Hall–Kier alpha value is -4.80. The van der Waals surface area contributed by atoms with Crippen molar-refractivity contribution < 1.29 is 38.9 Å². The van der Waals surface area contributed by atoms with E-state index in [-0.39, 0.29) is 18.7 Å². The second-order valence-electron chi connectivity index (χ2n) is 8.88. The Kier molecular flexibility index (Phi) is 9.32. The molecule has 0 saturated carbocycles. The van der Waals surface area contributed by atoms with Crippen molar-refractivity contribution >= 4 is 41.5 Å². The summed E-state index contributed by atoms with van der Waals surface area (Å²) >= 11 is 0. The van der Waals surface area contributed by atoms with Crippen molar-refractivity contribution in [1.82, 2.24) is 9.97 Å². The smallest absolute Gasteiger partial charge is 0.303 e. The fourth-order valence-electron chi connectivity index (χ4n) is 4.19. The summed E-state index contributed by atoms with van der Waals surface area (Å²) in [7, 11) is 3.08. The van der Waals surface area contributed by atoms with E-state index in [0.29, 0.717) is 41.3 Å². The molecule has 0 aliphatic carbocycles. The van der Waals surface area contributed by atoms with Crippen LogP contribution in [0.25, 0.3) is 11.6 Å². The summed E-state index contributed by atoms with van der Waals surface area (Å²) < 4.78 is 10.6. The molecule has 0 saturated heterocycles. The van der Waals surface area contributed by atoms with Crippen LogP contribution in [-0.4, -0.2) is 58.5 Å². The molecule has 4 rings (SSSR count). The van der Waals surface area contributed by atoms with Gasteiger partial charge in [0.15, 0.2) is 17.8 Å². The SMILES string of the molecule is COc1cc2c(cc1OC)C(=Cc1[nH]cc(CCC(=O)O)c1C)C(=O)N2.Cc1c(CCC(=O)O)c[nH]c1C=O. The van der Waals surface area contributed by atoms with E-state index < -0.39 is 11.9 Å². The van der Waals surface area contributed by atoms with Gasteiger partial charge >= 0.3 is 11.9 Å². The maximum Gasteiger partial charge on any atom is 0.303 e. The first-order valence-electron chi connectivity index (χ1n) is 12.1. The standard InChI is InChI=1S/C19H20N2O5.C9H11NO3/c1-10-11(4-5-18(22)23)9-20-14(10)6-13-12-7-16(25-2)17(26-3)8-15(12)21-19(13)24;1-6-7(2-3-9(12)13)4-10-8(6)5-11/h6-9,20H,4-5H2,1-3H3,(H,21,24)(H,22,23);4-5,10H,2-3H2,1H3,(H,12,13). The fourth-order valence-corrected chi connectivity index (χ4v) is 4.19. The lowest BCUT2D eigenvalue weighted by molar-refractivity contribution is -0.138. The van der Waals surface area contributed by atoms with Crippen molar-refractivity contribution in [1.29, 1.82) is 0 Å². The van der Waals surface area contributed by atoms with Gasteiger partial charge in [-0.25, -0.2) is 0 Å². The second-order valence-corrected chi connectivity index (χ2v) is 8.88. The number of fused-ring (bicyclic) bond motifs is 1. The summed E-state index contributed by atoms with van der Waals surface area (Å²) in [5, 5.41) is 20.1. The molecule has 0 spiro atoms. The average molecular weight is 538 g/mol. The first-order valence-corrected chi connectivity index (χ1v) is 12.1. The van der Waals surface area contributed by atoms with E-state index in [2.05, 4.69) is 15.3 Å². The number of aromatic amines is 2. The maximum absolute atomic E-state index is 12.4. The molecule has 1 aliphatic heterocycles. The van der Waals surface area contributed by atoms with E-state index in [0.717, 1.165) is 39.8 Å². The number of carboxylic acid groups (broad SMARTS) is 2. The Morgan fingerprint density at radius 3 is 1.87 bits per heavy atom. The Balaban J connectivity index is 0.000000272. The van der Waals surface area contributed by atoms with Crippen molar-refractivity contribution in [3.63, 3.8) is 0 Å².